The molecule has 0 bridgehead atoms. The molecule has 0 aliphatic carbocycles. The van der Waals surface area contributed by atoms with Gasteiger partial charge in [0.05, 0.1) is 5.56 Å². The zero-order chi connectivity index (χ0) is 15.1. The van der Waals surface area contributed by atoms with E-state index in [4.69, 9.17) is 9.84 Å². The van der Waals surface area contributed by atoms with E-state index in [0.29, 0.717) is 5.69 Å². The fraction of sp³-hybridized carbons (Fsp3) is 0.286. The molecule has 20 heavy (non-hydrogen) atoms. The van der Waals surface area contributed by atoms with Crippen LogP contribution >= 0.6 is 0 Å². The van der Waals surface area contributed by atoms with Crippen LogP contribution in [0.15, 0.2) is 36.4 Å². The first kappa shape index (κ1) is 15.7. The predicted molar refractivity (Wildman–Crippen MR) is 73.7 cm³/mol. The topological polar surface area (TPSA) is 95.9 Å². The lowest BCUT2D eigenvalue weighted by molar-refractivity contribution is -0.141. The molecule has 1 aromatic carbocycles. The average Bonchev–Trinajstić information content (AvgIpc) is 2.42. The molecule has 108 valence electrons. The van der Waals surface area contributed by atoms with Gasteiger partial charge in [-0.15, -0.1) is 0 Å². The first-order valence-electron chi connectivity index (χ1n) is 5.98. The number of hydrogen-bond acceptors (Lipinski definition) is 5. The molecule has 6 nitrogen and oxygen atoms in total. The molecule has 1 aromatic rings. The van der Waals surface area contributed by atoms with Gasteiger partial charge in [0.15, 0.2) is 0 Å². The van der Waals surface area contributed by atoms with Crippen LogP contribution in [0.4, 0.5) is 5.69 Å². The lowest BCUT2D eigenvalue weighted by atomic mass is 10.2. The second-order valence-corrected chi connectivity index (χ2v) is 4.30. The first-order chi connectivity index (χ1) is 9.40. The van der Waals surface area contributed by atoms with E-state index >= 15 is 0 Å². The molecule has 0 saturated carbocycles. The fourth-order valence-corrected chi connectivity index (χ4v) is 1.35. The molecule has 0 spiro atoms. The summed E-state index contributed by atoms with van der Waals surface area (Å²) in [5.41, 5.74) is 0.979. The number of benzene rings is 1. The van der Waals surface area contributed by atoms with Gasteiger partial charge in [0.1, 0.15) is 12.7 Å². The maximum Gasteiger partial charge on any atom is 0.335 e. The van der Waals surface area contributed by atoms with Crippen LogP contribution in [-0.2, 0) is 9.53 Å². The fourth-order valence-electron chi connectivity index (χ4n) is 1.35. The van der Waals surface area contributed by atoms with E-state index in [2.05, 4.69) is 11.9 Å². The highest BCUT2D eigenvalue weighted by molar-refractivity contribution is 5.88. The molecule has 0 aliphatic heterocycles. The summed E-state index contributed by atoms with van der Waals surface area (Å²) in [4.78, 5) is 21.9. The summed E-state index contributed by atoms with van der Waals surface area (Å²) >= 11 is 0. The van der Waals surface area contributed by atoms with Gasteiger partial charge in [0.25, 0.3) is 0 Å². The third-order valence-electron chi connectivity index (χ3n) is 2.41. The maximum atomic E-state index is 11.1. The maximum absolute atomic E-state index is 11.1. The van der Waals surface area contributed by atoms with Gasteiger partial charge in [-0.25, -0.2) is 9.59 Å². The van der Waals surface area contributed by atoms with Crippen LogP contribution in [0.5, 0.6) is 0 Å². The predicted octanol–water partition coefficient (Wildman–Crippen LogP) is 1.28. The van der Waals surface area contributed by atoms with Crippen molar-refractivity contribution in [3.63, 3.8) is 0 Å². The van der Waals surface area contributed by atoms with Crippen molar-refractivity contribution < 1.29 is 24.5 Å². The summed E-state index contributed by atoms with van der Waals surface area (Å²) in [6.07, 6.45) is -0.896. The second-order valence-electron chi connectivity index (χ2n) is 4.30. The lowest BCUT2D eigenvalue weighted by Crippen LogP contribution is -2.26. The van der Waals surface area contributed by atoms with Crippen molar-refractivity contribution >= 4 is 17.6 Å². The number of esters is 1. The summed E-state index contributed by atoms with van der Waals surface area (Å²) in [5, 5.41) is 21.3. The third kappa shape index (κ3) is 5.11. The van der Waals surface area contributed by atoms with Crippen LogP contribution in [0.25, 0.3) is 0 Å². The number of nitrogens with one attached hydrogen (secondary N) is 1. The smallest absolute Gasteiger partial charge is 0.335 e. The second kappa shape index (κ2) is 7.30. The molecule has 0 aliphatic rings. The molecule has 0 amide bonds. The van der Waals surface area contributed by atoms with Crippen LogP contribution in [0, 0.1) is 0 Å². The number of hydrogen-bond donors (Lipinski definition) is 3. The zero-order valence-corrected chi connectivity index (χ0v) is 11.1. The summed E-state index contributed by atoms with van der Waals surface area (Å²) in [7, 11) is 0. The van der Waals surface area contributed by atoms with Crippen molar-refractivity contribution in [3.05, 3.63) is 42.0 Å². The third-order valence-corrected chi connectivity index (χ3v) is 2.41. The molecular weight excluding hydrogens is 262 g/mol. The largest absolute Gasteiger partial charge is 0.478 e. The van der Waals surface area contributed by atoms with E-state index in [1.807, 2.05) is 0 Å². The highest BCUT2D eigenvalue weighted by atomic mass is 16.5. The van der Waals surface area contributed by atoms with E-state index < -0.39 is 18.0 Å². The Labute approximate surface area is 116 Å². The Morgan fingerprint density at radius 3 is 2.75 bits per heavy atom. The van der Waals surface area contributed by atoms with Gasteiger partial charge in [0.2, 0.25) is 0 Å². The molecule has 1 unspecified atom stereocenters. The number of carboxylic acids is 1. The van der Waals surface area contributed by atoms with Crippen LogP contribution in [0.2, 0.25) is 0 Å². The Hall–Kier alpha value is -2.34. The number of aliphatic hydroxyl groups excluding tert-OH is 1. The van der Waals surface area contributed by atoms with Crippen molar-refractivity contribution in [2.75, 3.05) is 18.5 Å². The summed E-state index contributed by atoms with van der Waals surface area (Å²) < 4.78 is 4.79. The Balaban J connectivity index is 2.43. The van der Waals surface area contributed by atoms with Gasteiger partial charge in [0, 0.05) is 17.8 Å². The molecular formula is C14H17NO5. The van der Waals surface area contributed by atoms with Gasteiger partial charge >= 0.3 is 11.9 Å². The van der Waals surface area contributed by atoms with E-state index in [-0.39, 0.29) is 24.3 Å². The molecule has 0 saturated heterocycles. The number of aromatic carboxylic acids is 1. The number of aliphatic hydroxyl groups is 1. The van der Waals surface area contributed by atoms with Crippen molar-refractivity contribution in [2.24, 2.45) is 0 Å². The molecule has 0 heterocycles. The highest BCUT2D eigenvalue weighted by Crippen LogP contribution is 2.10. The zero-order valence-electron chi connectivity index (χ0n) is 11.1. The Morgan fingerprint density at radius 1 is 1.45 bits per heavy atom. The molecule has 0 radical (unpaired) electrons. The quantitative estimate of drug-likeness (QED) is 0.514. The number of anilines is 1. The minimum absolute atomic E-state index is 0.131. The lowest BCUT2D eigenvalue weighted by Gasteiger charge is -2.13. The van der Waals surface area contributed by atoms with Crippen LogP contribution in [-0.4, -0.2) is 41.4 Å². The van der Waals surface area contributed by atoms with E-state index in [1.165, 1.54) is 19.1 Å². The van der Waals surface area contributed by atoms with Crippen molar-refractivity contribution in [2.45, 2.75) is 13.0 Å². The molecule has 6 heteroatoms. The summed E-state index contributed by atoms with van der Waals surface area (Å²) in [6, 6.07) is 6.20. The van der Waals surface area contributed by atoms with Crippen molar-refractivity contribution in [3.8, 4) is 0 Å². The van der Waals surface area contributed by atoms with Crippen LogP contribution in [0.1, 0.15) is 17.3 Å². The monoisotopic (exact) mass is 279 g/mol. The van der Waals surface area contributed by atoms with Crippen molar-refractivity contribution in [1.29, 1.82) is 0 Å². The standard InChI is InChI=1S/C14H17NO5/c1-9(2)14(19)20-8-12(16)7-15-11-5-3-4-10(6-11)13(17)18/h3-6,12,15-16H,1,7-8H2,2H3,(H,17,18). The number of ether oxygens (including phenoxy) is 1. The van der Waals surface area contributed by atoms with Gasteiger partial charge in [-0.2, -0.15) is 0 Å². The summed E-state index contributed by atoms with van der Waals surface area (Å²) in [6.45, 7) is 4.92. The minimum atomic E-state index is -1.02. The molecule has 0 aromatic heterocycles. The van der Waals surface area contributed by atoms with Gasteiger partial charge in [-0.05, 0) is 25.1 Å². The van der Waals surface area contributed by atoms with Gasteiger partial charge in [-0.3, -0.25) is 0 Å². The molecule has 0 fully saturated rings. The average molecular weight is 279 g/mol. The number of rotatable bonds is 7. The highest BCUT2D eigenvalue weighted by Gasteiger charge is 2.09. The Kier molecular flexibility index (Phi) is 5.74. The van der Waals surface area contributed by atoms with E-state index in [0.717, 1.165) is 0 Å². The van der Waals surface area contributed by atoms with Gasteiger partial charge < -0.3 is 20.3 Å². The number of carbonyl (C=O) groups excluding carboxylic acids is 1. The molecule has 3 N–H and O–H groups in total. The van der Waals surface area contributed by atoms with Crippen molar-refractivity contribution in [1.82, 2.24) is 0 Å². The van der Waals surface area contributed by atoms with E-state index in [1.54, 1.807) is 12.1 Å². The number of carbonyl (C=O) groups is 2. The van der Waals surface area contributed by atoms with Gasteiger partial charge in [-0.1, -0.05) is 12.6 Å². The molecule has 1 atom stereocenters. The van der Waals surface area contributed by atoms with Crippen LogP contribution < -0.4 is 5.32 Å². The SMILES string of the molecule is C=C(C)C(=O)OCC(O)CNc1cccc(C(=O)O)c1. The van der Waals surface area contributed by atoms with E-state index in [9.17, 15) is 14.7 Å². The Morgan fingerprint density at radius 2 is 2.15 bits per heavy atom. The normalized spacial score (nSPS) is 11.5. The number of carboxylic acid groups (broad SMARTS) is 1. The Bertz CT molecular complexity index is 512. The minimum Gasteiger partial charge on any atom is -0.478 e. The summed E-state index contributed by atoms with van der Waals surface area (Å²) in [5.74, 6) is -1.58. The first-order valence-corrected chi connectivity index (χ1v) is 5.98. The molecule has 1 rings (SSSR count). The van der Waals surface area contributed by atoms with Crippen LogP contribution in [0.3, 0.4) is 0 Å².